The van der Waals surface area contributed by atoms with Gasteiger partial charge in [-0.05, 0) is 54.6 Å². The molecule has 1 unspecified atom stereocenters. The van der Waals surface area contributed by atoms with Crippen LogP contribution in [0.25, 0.3) is 21.8 Å². The van der Waals surface area contributed by atoms with Crippen LogP contribution in [-0.2, 0) is 6.54 Å². The van der Waals surface area contributed by atoms with Gasteiger partial charge in [-0.1, -0.05) is 42.2 Å². The van der Waals surface area contributed by atoms with E-state index in [0.29, 0.717) is 13.0 Å². The van der Waals surface area contributed by atoms with Crippen molar-refractivity contribution in [3.05, 3.63) is 96.4 Å². The summed E-state index contributed by atoms with van der Waals surface area (Å²) in [4.78, 5) is 8.91. The molecule has 3 heterocycles. The van der Waals surface area contributed by atoms with E-state index in [9.17, 15) is 5.11 Å². The van der Waals surface area contributed by atoms with Gasteiger partial charge in [0.1, 0.15) is 17.7 Å². The van der Waals surface area contributed by atoms with Crippen LogP contribution < -0.4 is 10.6 Å². The van der Waals surface area contributed by atoms with E-state index in [4.69, 9.17) is 0 Å². The Morgan fingerprint density at radius 3 is 2.80 bits per heavy atom. The third-order valence-electron chi connectivity index (χ3n) is 6.44. The standard InChI is InChI=1S/C29H25N5O/c35-29(13-14-30-19-29)12-10-21-6-8-26-25(16-21)28(32-20-31-26)33-24-7-9-27-23(17-24)11-15-34(27)18-22-4-2-1-3-5-22/h1-9,11,15-17,20,30,35H,13-14,18-19H2,(H,31,32,33). The van der Waals surface area contributed by atoms with Gasteiger partial charge in [-0.3, -0.25) is 0 Å². The molecule has 6 heteroatoms. The molecule has 0 spiro atoms. The second-order valence-electron chi connectivity index (χ2n) is 8.99. The van der Waals surface area contributed by atoms with Gasteiger partial charge < -0.3 is 20.3 Å². The number of aromatic nitrogens is 3. The molecule has 3 N–H and O–H groups in total. The first-order valence-electron chi connectivity index (χ1n) is 11.8. The highest BCUT2D eigenvalue weighted by molar-refractivity contribution is 5.93. The molecular weight excluding hydrogens is 434 g/mol. The van der Waals surface area contributed by atoms with E-state index in [1.807, 2.05) is 24.3 Å². The van der Waals surface area contributed by atoms with E-state index in [1.54, 1.807) is 6.33 Å². The molecule has 0 amide bonds. The van der Waals surface area contributed by atoms with Gasteiger partial charge in [-0.15, -0.1) is 0 Å². The molecule has 35 heavy (non-hydrogen) atoms. The number of hydrogen-bond acceptors (Lipinski definition) is 5. The topological polar surface area (TPSA) is 75.0 Å². The lowest BCUT2D eigenvalue weighted by molar-refractivity contribution is 0.124. The summed E-state index contributed by atoms with van der Waals surface area (Å²) in [5, 5.41) is 19.2. The first-order valence-corrected chi connectivity index (χ1v) is 11.8. The van der Waals surface area contributed by atoms with Gasteiger partial charge in [0.15, 0.2) is 0 Å². The molecule has 3 aromatic carbocycles. The van der Waals surface area contributed by atoms with Gasteiger partial charge >= 0.3 is 0 Å². The van der Waals surface area contributed by atoms with Crippen molar-refractivity contribution >= 4 is 33.3 Å². The number of aliphatic hydroxyl groups is 1. The molecule has 2 aromatic heterocycles. The molecule has 6 nitrogen and oxygen atoms in total. The Kier molecular flexibility index (Phi) is 5.42. The highest BCUT2D eigenvalue weighted by Gasteiger charge is 2.28. The molecule has 0 radical (unpaired) electrons. The van der Waals surface area contributed by atoms with Crippen LogP contribution >= 0.6 is 0 Å². The van der Waals surface area contributed by atoms with E-state index in [2.05, 4.69) is 91.7 Å². The fourth-order valence-electron chi connectivity index (χ4n) is 4.54. The smallest absolute Gasteiger partial charge is 0.141 e. The number of β-amino-alcohol motifs (C(OH)–C–C–N with tert-alkyl or cyclic N) is 1. The summed E-state index contributed by atoms with van der Waals surface area (Å²) in [5.74, 6) is 6.88. The van der Waals surface area contributed by atoms with Crippen molar-refractivity contribution in [1.29, 1.82) is 0 Å². The van der Waals surface area contributed by atoms with Crippen molar-refractivity contribution in [2.75, 3.05) is 18.4 Å². The maximum atomic E-state index is 10.5. The van der Waals surface area contributed by atoms with E-state index in [1.165, 1.54) is 11.1 Å². The van der Waals surface area contributed by atoms with E-state index in [0.717, 1.165) is 46.4 Å². The SMILES string of the molecule is OC1(C#Cc2ccc3ncnc(Nc4ccc5c(ccn5Cc5ccccc5)c4)c3c2)CCNC1. The Hall–Kier alpha value is -4.18. The minimum atomic E-state index is -0.963. The number of rotatable bonds is 4. The Bertz CT molecular complexity index is 1570. The first-order chi connectivity index (χ1) is 17.2. The minimum absolute atomic E-state index is 0.499. The summed E-state index contributed by atoms with van der Waals surface area (Å²) >= 11 is 0. The summed E-state index contributed by atoms with van der Waals surface area (Å²) < 4.78 is 2.26. The molecule has 1 atom stereocenters. The molecule has 1 fully saturated rings. The molecule has 172 valence electrons. The van der Waals surface area contributed by atoms with Crippen molar-refractivity contribution in [3.8, 4) is 11.8 Å². The van der Waals surface area contributed by atoms with Gasteiger partial charge in [0, 0.05) is 53.2 Å². The van der Waals surface area contributed by atoms with Gasteiger partial charge in [-0.25, -0.2) is 9.97 Å². The number of benzene rings is 3. The van der Waals surface area contributed by atoms with Gasteiger partial charge in [-0.2, -0.15) is 0 Å². The largest absolute Gasteiger partial charge is 0.376 e. The van der Waals surface area contributed by atoms with Crippen molar-refractivity contribution in [2.24, 2.45) is 0 Å². The summed E-state index contributed by atoms with van der Waals surface area (Å²) in [5.41, 5.74) is 4.11. The molecular formula is C29H25N5O. The van der Waals surface area contributed by atoms with Gasteiger partial charge in [0.25, 0.3) is 0 Å². The predicted molar refractivity (Wildman–Crippen MR) is 140 cm³/mol. The predicted octanol–water partition coefficient (Wildman–Crippen LogP) is 4.45. The van der Waals surface area contributed by atoms with Gasteiger partial charge in [0.05, 0.1) is 5.52 Å². The second kappa shape index (κ2) is 8.88. The average molecular weight is 460 g/mol. The summed E-state index contributed by atoms with van der Waals surface area (Å²) in [6, 6.07) is 24.8. The number of anilines is 2. The molecule has 1 aliphatic rings. The van der Waals surface area contributed by atoms with Crippen molar-refractivity contribution in [3.63, 3.8) is 0 Å². The molecule has 0 saturated carbocycles. The normalized spacial score (nSPS) is 17.4. The Morgan fingerprint density at radius 1 is 1.03 bits per heavy atom. The zero-order valence-electron chi connectivity index (χ0n) is 19.2. The fourth-order valence-corrected chi connectivity index (χ4v) is 4.54. The van der Waals surface area contributed by atoms with Crippen LogP contribution in [0.4, 0.5) is 11.5 Å². The number of nitrogens with zero attached hydrogens (tertiary/aromatic N) is 3. The number of nitrogens with one attached hydrogen (secondary N) is 2. The van der Waals surface area contributed by atoms with Crippen LogP contribution in [0.5, 0.6) is 0 Å². The highest BCUT2D eigenvalue weighted by Crippen LogP contribution is 2.27. The lowest BCUT2D eigenvalue weighted by atomic mass is 10.0. The zero-order valence-corrected chi connectivity index (χ0v) is 19.2. The number of fused-ring (bicyclic) bond motifs is 2. The third kappa shape index (κ3) is 4.47. The van der Waals surface area contributed by atoms with Crippen molar-refractivity contribution in [1.82, 2.24) is 19.9 Å². The minimum Gasteiger partial charge on any atom is -0.376 e. The maximum Gasteiger partial charge on any atom is 0.141 e. The van der Waals surface area contributed by atoms with E-state index in [-0.39, 0.29) is 0 Å². The van der Waals surface area contributed by atoms with Crippen molar-refractivity contribution < 1.29 is 5.11 Å². The average Bonchev–Trinajstić information content (AvgIpc) is 3.50. The maximum absolute atomic E-state index is 10.5. The monoisotopic (exact) mass is 459 g/mol. The first kappa shape index (κ1) is 21.4. The Balaban J connectivity index is 1.28. The van der Waals surface area contributed by atoms with Crippen LogP contribution in [0.15, 0.2) is 85.3 Å². The third-order valence-corrected chi connectivity index (χ3v) is 6.44. The molecule has 0 bridgehead atoms. The molecule has 6 rings (SSSR count). The van der Waals surface area contributed by atoms with E-state index < -0.39 is 5.60 Å². The summed E-state index contributed by atoms with van der Waals surface area (Å²) in [6.45, 7) is 2.12. The van der Waals surface area contributed by atoms with Crippen LogP contribution in [0.3, 0.4) is 0 Å². The zero-order chi connectivity index (χ0) is 23.7. The molecule has 1 aliphatic heterocycles. The van der Waals surface area contributed by atoms with E-state index >= 15 is 0 Å². The molecule has 0 aliphatic carbocycles. The summed E-state index contributed by atoms with van der Waals surface area (Å²) in [6.07, 6.45) is 4.33. The lowest BCUT2D eigenvalue weighted by Gasteiger charge is -2.12. The molecule has 1 saturated heterocycles. The summed E-state index contributed by atoms with van der Waals surface area (Å²) in [7, 11) is 0. The molecule has 5 aromatic rings. The Morgan fingerprint density at radius 2 is 1.94 bits per heavy atom. The highest BCUT2D eigenvalue weighted by atomic mass is 16.3. The Labute approximate surface area is 203 Å². The van der Waals surface area contributed by atoms with Gasteiger partial charge in [0.2, 0.25) is 0 Å². The van der Waals surface area contributed by atoms with Crippen LogP contribution in [0.1, 0.15) is 17.5 Å². The van der Waals surface area contributed by atoms with Crippen molar-refractivity contribution in [2.45, 2.75) is 18.6 Å². The van der Waals surface area contributed by atoms with Crippen LogP contribution in [0, 0.1) is 11.8 Å². The second-order valence-corrected chi connectivity index (χ2v) is 8.99. The fraction of sp³-hybridized carbons (Fsp3) is 0.172. The quantitative estimate of drug-likeness (QED) is 0.346. The van der Waals surface area contributed by atoms with Crippen LogP contribution in [-0.4, -0.2) is 38.3 Å². The number of hydrogen-bond donors (Lipinski definition) is 3. The van der Waals surface area contributed by atoms with Crippen LogP contribution in [0.2, 0.25) is 0 Å². The lowest BCUT2D eigenvalue weighted by Crippen LogP contribution is -2.28.